The molecule has 0 aromatic heterocycles. The molecule has 0 aliphatic rings. The van der Waals surface area contributed by atoms with Gasteiger partial charge in [0, 0.05) is 37.7 Å². The molecule has 0 radical (unpaired) electrons. The molecule has 27 heavy (non-hydrogen) atoms. The Bertz CT molecular complexity index is 730. The number of likely N-dealkylation sites (N-methyl/N-ethyl adjacent to an activating group) is 1. The zero-order valence-electron chi connectivity index (χ0n) is 15.9. The lowest BCUT2D eigenvalue weighted by Gasteiger charge is -2.12. The average Bonchev–Trinajstić information content (AvgIpc) is 2.67. The Hall–Kier alpha value is -2.70. The minimum absolute atomic E-state index is 0.0960. The van der Waals surface area contributed by atoms with Gasteiger partial charge in [-0.3, -0.25) is 9.59 Å². The van der Waals surface area contributed by atoms with Crippen molar-refractivity contribution in [3.8, 4) is 0 Å². The number of benzene rings is 2. The molecular weight excluding hydrogens is 340 g/mol. The second-order valence-corrected chi connectivity index (χ2v) is 6.75. The largest absolute Gasteiger partial charge is 0.352 e. The molecular formula is C21H28N4O2. The summed E-state index contributed by atoms with van der Waals surface area (Å²) in [6.07, 6.45) is 0.233. The van der Waals surface area contributed by atoms with Crippen LogP contribution in [0.3, 0.4) is 0 Å². The fourth-order valence-corrected chi connectivity index (χ4v) is 2.56. The molecule has 4 N–H and O–H groups in total. The Morgan fingerprint density at radius 3 is 2.30 bits per heavy atom. The Balaban J connectivity index is 1.77. The molecule has 0 saturated carbocycles. The molecule has 144 valence electrons. The molecule has 2 aromatic rings. The summed E-state index contributed by atoms with van der Waals surface area (Å²) in [6, 6.07) is 16.5. The van der Waals surface area contributed by atoms with Crippen LogP contribution in [0.2, 0.25) is 0 Å². The maximum Gasteiger partial charge on any atom is 0.251 e. The molecule has 0 heterocycles. The van der Waals surface area contributed by atoms with Gasteiger partial charge in [-0.25, -0.2) is 0 Å². The SMILES string of the molecule is CN(C)CCNC(=O)c1ccc(CNC(=O)CC(N)c2ccccc2)cc1. The van der Waals surface area contributed by atoms with Crippen LogP contribution in [0.4, 0.5) is 0 Å². The quantitative estimate of drug-likeness (QED) is 0.628. The van der Waals surface area contributed by atoms with Crippen LogP contribution in [0.5, 0.6) is 0 Å². The molecule has 0 fully saturated rings. The van der Waals surface area contributed by atoms with Crippen LogP contribution in [0.15, 0.2) is 54.6 Å². The Morgan fingerprint density at radius 1 is 1.00 bits per heavy atom. The molecule has 0 spiro atoms. The zero-order chi connectivity index (χ0) is 19.6. The van der Waals surface area contributed by atoms with Gasteiger partial charge in [0.2, 0.25) is 5.91 Å². The van der Waals surface area contributed by atoms with Crippen molar-refractivity contribution in [1.82, 2.24) is 15.5 Å². The number of carbonyl (C=O) groups excluding carboxylic acids is 2. The molecule has 2 rings (SSSR count). The number of amides is 2. The maximum absolute atomic E-state index is 12.1. The van der Waals surface area contributed by atoms with Crippen LogP contribution in [-0.2, 0) is 11.3 Å². The fraction of sp³-hybridized carbons (Fsp3) is 0.333. The van der Waals surface area contributed by atoms with E-state index in [1.54, 1.807) is 12.1 Å². The van der Waals surface area contributed by atoms with Gasteiger partial charge < -0.3 is 21.3 Å². The van der Waals surface area contributed by atoms with Crippen molar-refractivity contribution in [3.05, 3.63) is 71.3 Å². The normalized spacial score (nSPS) is 11.9. The number of nitrogens with two attached hydrogens (primary N) is 1. The van der Waals surface area contributed by atoms with E-state index < -0.39 is 0 Å². The van der Waals surface area contributed by atoms with E-state index >= 15 is 0 Å². The first kappa shape index (κ1) is 20.6. The molecule has 6 heteroatoms. The molecule has 0 saturated heterocycles. The van der Waals surface area contributed by atoms with Crippen LogP contribution in [0.25, 0.3) is 0 Å². The third-order valence-electron chi connectivity index (χ3n) is 4.18. The van der Waals surface area contributed by atoms with Gasteiger partial charge >= 0.3 is 0 Å². The van der Waals surface area contributed by atoms with E-state index in [2.05, 4.69) is 10.6 Å². The standard InChI is InChI=1S/C21H28N4O2/c1-25(2)13-12-23-21(27)18-10-8-16(9-11-18)15-24-20(26)14-19(22)17-6-4-3-5-7-17/h3-11,19H,12-15,22H2,1-2H3,(H,23,27)(H,24,26). The number of nitrogens with one attached hydrogen (secondary N) is 2. The summed E-state index contributed by atoms with van der Waals surface area (Å²) in [5.74, 6) is -0.196. The highest BCUT2D eigenvalue weighted by molar-refractivity contribution is 5.94. The molecule has 0 aliphatic heterocycles. The summed E-state index contributed by atoms with van der Waals surface area (Å²) < 4.78 is 0. The summed E-state index contributed by atoms with van der Waals surface area (Å²) in [7, 11) is 3.92. The number of rotatable bonds is 9. The van der Waals surface area contributed by atoms with Crippen molar-refractivity contribution in [2.45, 2.75) is 19.0 Å². The Kier molecular flexibility index (Phi) is 7.98. The summed E-state index contributed by atoms with van der Waals surface area (Å²) >= 11 is 0. The summed E-state index contributed by atoms with van der Waals surface area (Å²) in [5, 5.41) is 5.74. The third kappa shape index (κ3) is 7.21. The third-order valence-corrected chi connectivity index (χ3v) is 4.18. The predicted molar refractivity (Wildman–Crippen MR) is 107 cm³/mol. The molecule has 2 aromatic carbocycles. The van der Waals surface area contributed by atoms with Gasteiger partial charge in [0.05, 0.1) is 0 Å². The van der Waals surface area contributed by atoms with E-state index in [-0.39, 0.29) is 24.3 Å². The molecule has 0 aliphatic carbocycles. The maximum atomic E-state index is 12.1. The average molecular weight is 368 g/mol. The number of hydrogen-bond acceptors (Lipinski definition) is 4. The predicted octanol–water partition coefficient (Wildman–Crippen LogP) is 1.68. The molecule has 6 nitrogen and oxygen atoms in total. The second kappa shape index (κ2) is 10.4. The smallest absolute Gasteiger partial charge is 0.251 e. The molecule has 1 unspecified atom stereocenters. The molecule has 2 amide bonds. The fourth-order valence-electron chi connectivity index (χ4n) is 2.56. The lowest BCUT2D eigenvalue weighted by Crippen LogP contribution is -2.31. The summed E-state index contributed by atoms with van der Waals surface area (Å²) in [4.78, 5) is 26.1. The van der Waals surface area contributed by atoms with Gasteiger partial charge in [0.1, 0.15) is 0 Å². The zero-order valence-corrected chi connectivity index (χ0v) is 15.9. The first-order chi connectivity index (χ1) is 13.0. The summed E-state index contributed by atoms with van der Waals surface area (Å²) in [6.45, 7) is 1.80. The van der Waals surface area contributed by atoms with Crippen LogP contribution < -0.4 is 16.4 Å². The van der Waals surface area contributed by atoms with E-state index in [4.69, 9.17) is 5.73 Å². The minimum Gasteiger partial charge on any atom is -0.352 e. The van der Waals surface area contributed by atoms with Gasteiger partial charge in [-0.15, -0.1) is 0 Å². The minimum atomic E-state index is -0.320. The second-order valence-electron chi connectivity index (χ2n) is 6.75. The van der Waals surface area contributed by atoms with E-state index in [0.717, 1.165) is 17.7 Å². The van der Waals surface area contributed by atoms with Crippen LogP contribution in [0.1, 0.15) is 33.9 Å². The highest BCUT2D eigenvalue weighted by Gasteiger charge is 2.11. The topological polar surface area (TPSA) is 87.5 Å². The van der Waals surface area contributed by atoms with Gasteiger partial charge in [-0.05, 0) is 37.4 Å². The van der Waals surface area contributed by atoms with Crippen LogP contribution >= 0.6 is 0 Å². The number of nitrogens with zero attached hydrogens (tertiary/aromatic N) is 1. The van der Waals surface area contributed by atoms with Gasteiger partial charge in [0.15, 0.2) is 0 Å². The Morgan fingerprint density at radius 2 is 1.67 bits per heavy atom. The van der Waals surface area contributed by atoms with Crippen molar-refractivity contribution in [2.75, 3.05) is 27.2 Å². The van der Waals surface area contributed by atoms with Gasteiger partial charge in [0.25, 0.3) is 5.91 Å². The van der Waals surface area contributed by atoms with Crippen molar-refractivity contribution in [1.29, 1.82) is 0 Å². The lowest BCUT2D eigenvalue weighted by molar-refractivity contribution is -0.121. The molecule has 1 atom stereocenters. The number of hydrogen-bond donors (Lipinski definition) is 3. The van der Waals surface area contributed by atoms with Crippen molar-refractivity contribution in [2.24, 2.45) is 5.73 Å². The van der Waals surface area contributed by atoms with Gasteiger partial charge in [-0.2, -0.15) is 0 Å². The monoisotopic (exact) mass is 368 g/mol. The van der Waals surface area contributed by atoms with E-state index in [1.165, 1.54) is 0 Å². The first-order valence-electron chi connectivity index (χ1n) is 9.05. The summed E-state index contributed by atoms with van der Waals surface area (Å²) in [5.41, 5.74) is 8.55. The van der Waals surface area contributed by atoms with Crippen LogP contribution in [0, 0.1) is 0 Å². The van der Waals surface area contributed by atoms with Crippen molar-refractivity contribution < 1.29 is 9.59 Å². The van der Waals surface area contributed by atoms with Crippen LogP contribution in [-0.4, -0.2) is 43.9 Å². The van der Waals surface area contributed by atoms with Gasteiger partial charge in [-0.1, -0.05) is 42.5 Å². The first-order valence-corrected chi connectivity index (χ1v) is 9.05. The number of carbonyl (C=O) groups is 2. The highest BCUT2D eigenvalue weighted by Crippen LogP contribution is 2.13. The van der Waals surface area contributed by atoms with E-state index in [1.807, 2.05) is 61.5 Å². The van der Waals surface area contributed by atoms with E-state index in [0.29, 0.717) is 18.7 Å². The molecule has 0 bridgehead atoms. The lowest BCUT2D eigenvalue weighted by atomic mass is 10.0. The Labute approximate surface area is 160 Å². The van der Waals surface area contributed by atoms with E-state index in [9.17, 15) is 9.59 Å². The van der Waals surface area contributed by atoms with Crippen molar-refractivity contribution in [3.63, 3.8) is 0 Å². The van der Waals surface area contributed by atoms with Crippen molar-refractivity contribution >= 4 is 11.8 Å². The highest BCUT2D eigenvalue weighted by atomic mass is 16.2.